The van der Waals surface area contributed by atoms with Crippen molar-refractivity contribution in [1.82, 2.24) is 21.2 Å². The minimum atomic E-state index is -0.777. The van der Waals surface area contributed by atoms with Crippen LogP contribution in [0.3, 0.4) is 0 Å². The molecule has 7 heteroatoms. The van der Waals surface area contributed by atoms with Crippen LogP contribution in [0.2, 0.25) is 0 Å². The van der Waals surface area contributed by atoms with Gasteiger partial charge in [-0.2, -0.15) is 0 Å². The number of carbonyl (C=O) groups is 3. The fourth-order valence-corrected chi connectivity index (χ4v) is 2.53. The van der Waals surface area contributed by atoms with Crippen molar-refractivity contribution in [2.75, 3.05) is 0 Å². The molecule has 1 heterocycles. The first-order valence-corrected chi connectivity index (χ1v) is 8.76. The molecule has 1 aromatic heterocycles. The highest BCUT2D eigenvalue weighted by molar-refractivity contribution is 5.99. The topological polar surface area (TPSA) is 100 Å². The van der Waals surface area contributed by atoms with Gasteiger partial charge >= 0.3 is 0 Å². The van der Waals surface area contributed by atoms with E-state index in [1.807, 2.05) is 32.9 Å². The number of nitrogens with zero attached hydrogens (tertiary/aromatic N) is 1. The Morgan fingerprint density at radius 1 is 0.963 bits per heavy atom. The molecule has 7 nitrogen and oxygen atoms in total. The van der Waals surface area contributed by atoms with Crippen molar-refractivity contribution in [2.24, 2.45) is 5.92 Å². The van der Waals surface area contributed by atoms with Gasteiger partial charge in [0.15, 0.2) is 0 Å². The van der Waals surface area contributed by atoms with Crippen molar-refractivity contribution < 1.29 is 14.4 Å². The molecule has 142 valence electrons. The Morgan fingerprint density at radius 3 is 2.30 bits per heavy atom. The van der Waals surface area contributed by atoms with Crippen LogP contribution >= 0.6 is 0 Å². The maximum Gasteiger partial charge on any atom is 0.288 e. The van der Waals surface area contributed by atoms with Crippen LogP contribution in [0.15, 0.2) is 48.7 Å². The first-order chi connectivity index (χ1) is 12.9. The molecule has 0 aliphatic carbocycles. The van der Waals surface area contributed by atoms with Gasteiger partial charge in [-0.3, -0.25) is 30.2 Å². The smallest absolute Gasteiger partial charge is 0.288 e. The van der Waals surface area contributed by atoms with Crippen LogP contribution in [0.4, 0.5) is 0 Å². The van der Waals surface area contributed by atoms with Crippen molar-refractivity contribution in [3.8, 4) is 0 Å². The van der Waals surface area contributed by atoms with Crippen LogP contribution in [0.5, 0.6) is 0 Å². The molecule has 0 spiro atoms. The van der Waals surface area contributed by atoms with Gasteiger partial charge in [-0.05, 0) is 43.0 Å². The molecule has 3 N–H and O–H groups in total. The molecule has 0 saturated carbocycles. The van der Waals surface area contributed by atoms with Crippen LogP contribution in [-0.4, -0.2) is 28.7 Å². The molecule has 1 aromatic carbocycles. The van der Waals surface area contributed by atoms with E-state index in [-0.39, 0.29) is 17.5 Å². The van der Waals surface area contributed by atoms with E-state index in [2.05, 4.69) is 21.2 Å². The van der Waals surface area contributed by atoms with E-state index in [0.717, 1.165) is 5.56 Å². The molecule has 0 aliphatic rings. The monoisotopic (exact) mass is 368 g/mol. The molecule has 3 amide bonds. The molecular formula is C20H24N4O3. The quantitative estimate of drug-likeness (QED) is 0.679. The first kappa shape index (κ1) is 20.1. The fourth-order valence-electron chi connectivity index (χ4n) is 2.53. The molecule has 27 heavy (non-hydrogen) atoms. The number of hydrazine groups is 1. The Labute approximate surface area is 158 Å². The van der Waals surface area contributed by atoms with Gasteiger partial charge in [-0.1, -0.05) is 38.1 Å². The molecule has 0 radical (unpaired) electrons. The summed E-state index contributed by atoms with van der Waals surface area (Å²) < 4.78 is 0. The van der Waals surface area contributed by atoms with E-state index >= 15 is 0 Å². The molecule has 0 saturated heterocycles. The van der Waals surface area contributed by atoms with Crippen molar-refractivity contribution in [1.29, 1.82) is 0 Å². The Bertz CT molecular complexity index is 806. The summed E-state index contributed by atoms with van der Waals surface area (Å²) in [6, 6.07) is 11.3. The van der Waals surface area contributed by atoms with E-state index in [1.54, 1.807) is 24.3 Å². The number of carbonyl (C=O) groups excluding carboxylic acids is 3. The minimum absolute atomic E-state index is 0.171. The molecule has 2 aromatic rings. The van der Waals surface area contributed by atoms with E-state index in [4.69, 9.17) is 0 Å². The standard InChI is InChI=1S/C20H24N4O3/c1-13(2)12-17(22-18(25)15-9-5-4-8-14(15)3)20(27)24-23-19(26)16-10-6-7-11-21-16/h4-11,13,17H,12H2,1-3H3,(H,22,25)(H,23,26)(H,24,27). The lowest BCUT2D eigenvalue weighted by atomic mass is 10.0. The second-order valence-electron chi connectivity index (χ2n) is 6.63. The summed E-state index contributed by atoms with van der Waals surface area (Å²) >= 11 is 0. The predicted molar refractivity (Wildman–Crippen MR) is 102 cm³/mol. The number of benzene rings is 1. The number of nitrogens with one attached hydrogen (secondary N) is 3. The Morgan fingerprint density at radius 2 is 1.67 bits per heavy atom. The lowest BCUT2D eigenvalue weighted by Crippen LogP contribution is -2.52. The third-order valence-corrected chi connectivity index (χ3v) is 3.92. The predicted octanol–water partition coefficient (Wildman–Crippen LogP) is 2.00. The largest absolute Gasteiger partial charge is 0.340 e. The second-order valence-corrected chi connectivity index (χ2v) is 6.63. The summed E-state index contributed by atoms with van der Waals surface area (Å²) in [5.74, 6) is -1.18. The lowest BCUT2D eigenvalue weighted by molar-refractivity contribution is -0.124. The Kier molecular flexibility index (Phi) is 7.05. The summed E-state index contributed by atoms with van der Waals surface area (Å²) in [4.78, 5) is 41.0. The highest BCUT2D eigenvalue weighted by atomic mass is 16.2. The van der Waals surface area contributed by atoms with E-state index in [9.17, 15) is 14.4 Å². The number of hydrogen-bond acceptors (Lipinski definition) is 4. The van der Waals surface area contributed by atoms with E-state index < -0.39 is 17.9 Å². The second kappa shape index (κ2) is 9.47. The number of aromatic nitrogens is 1. The minimum Gasteiger partial charge on any atom is -0.340 e. The van der Waals surface area contributed by atoms with Crippen LogP contribution in [0.1, 0.15) is 46.7 Å². The fraction of sp³-hybridized carbons (Fsp3) is 0.300. The molecule has 2 rings (SSSR count). The van der Waals surface area contributed by atoms with Gasteiger partial charge in [0.25, 0.3) is 17.7 Å². The van der Waals surface area contributed by atoms with Crippen LogP contribution in [-0.2, 0) is 4.79 Å². The summed E-state index contributed by atoms with van der Waals surface area (Å²) in [7, 11) is 0. The first-order valence-electron chi connectivity index (χ1n) is 8.76. The van der Waals surface area contributed by atoms with Gasteiger partial charge in [0.2, 0.25) is 0 Å². The summed E-state index contributed by atoms with van der Waals surface area (Å²) in [6.07, 6.45) is 1.92. The van der Waals surface area contributed by atoms with E-state index in [0.29, 0.717) is 12.0 Å². The van der Waals surface area contributed by atoms with Crippen molar-refractivity contribution in [2.45, 2.75) is 33.2 Å². The SMILES string of the molecule is Cc1ccccc1C(=O)NC(CC(C)C)C(=O)NNC(=O)c1ccccn1. The zero-order valence-corrected chi connectivity index (χ0v) is 15.7. The zero-order chi connectivity index (χ0) is 19.8. The summed E-state index contributed by atoms with van der Waals surface area (Å²) in [5, 5.41) is 2.75. The number of rotatable bonds is 6. The van der Waals surface area contributed by atoms with Gasteiger partial charge in [-0.15, -0.1) is 0 Å². The van der Waals surface area contributed by atoms with Crippen LogP contribution in [0, 0.1) is 12.8 Å². The highest BCUT2D eigenvalue weighted by Crippen LogP contribution is 2.10. The van der Waals surface area contributed by atoms with Gasteiger partial charge in [-0.25, -0.2) is 0 Å². The van der Waals surface area contributed by atoms with Gasteiger partial charge in [0.1, 0.15) is 11.7 Å². The number of aryl methyl sites for hydroxylation is 1. The molecular weight excluding hydrogens is 344 g/mol. The molecule has 1 unspecified atom stereocenters. The number of pyridine rings is 1. The molecule has 0 fully saturated rings. The zero-order valence-electron chi connectivity index (χ0n) is 15.7. The van der Waals surface area contributed by atoms with Crippen molar-refractivity contribution in [3.05, 3.63) is 65.5 Å². The maximum absolute atomic E-state index is 12.5. The average molecular weight is 368 g/mol. The highest BCUT2D eigenvalue weighted by Gasteiger charge is 2.23. The molecule has 1 atom stereocenters. The number of amides is 3. The Balaban J connectivity index is 2.02. The normalized spacial score (nSPS) is 11.6. The Hall–Kier alpha value is -3.22. The van der Waals surface area contributed by atoms with Crippen molar-refractivity contribution in [3.63, 3.8) is 0 Å². The van der Waals surface area contributed by atoms with Gasteiger partial charge in [0.05, 0.1) is 0 Å². The molecule has 0 bridgehead atoms. The molecule has 0 aliphatic heterocycles. The van der Waals surface area contributed by atoms with Crippen LogP contribution in [0.25, 0.3) is 0 Å². The third-order valence-electron chi connectivity index (χ3n) is 3.92. The van der Waals surface area contributed by atoms with Crippen LogP contribution < -0.4 is 16.2 Å². The number of hydrogen-bond donors (Lipinski definition) is 3. The average Bonchev–Trinajstić information content (AvgIpc) is 2.65. The summed E-state index contributed by atoms with van der Waals surface area (Å²) in [5.41, 5.74) is 6.20. The summed E-state index contributed by atoms with van der Waals surface area (Å²) in [6.45, 7) is 5.73. The van der Waals surface area contributed by atoms with Gasteiger partial charge < -0.3 is 5.32 Å². The van der Waals surface area contributed by atoms with Gasteiger partial charge in [0, 0.05) is 11.8 Å². The van der Waals surface area contributed by atoms with Crippen molar-refractivity contribution >= 4 is 17.7 Å². The maximum atomic E-state index is 12.5. The third kappa shape index (κ3) is 5.91. The van der Waals surface area contributed by atoms with E-state index in [1.165, 1.54) is 12.3 Å². The lowest BCUT2D eigenvalue weighted by Gasteiger charge is -2.20.